The Kier molecular flexibility index (Phi) is 6.50. The lowest BCUT2D eigenvalue weighted by atomic mass is 10.2. The summed E-state index contributed by atoms with van der Waals surface area (Å²) < 4.78 is 27.5. The van der Waals surface area contributed by atoms with Crippen molar-refractivity contribution in [2.45, 2.75) is 17.4 Å². The molecule has 0 spiro atoms. The van der Waals surface area contributed by atoms with Gasteiger partial charge in [-0.25, -0.2) is 8.42 Å². The molecule has 2 saturated heterocycles. The van der Waals surface area contributed by atoms with E-state index in [0.717, 1.165) is 38.3 Å². The lowest BCUT2D eigenvalue weighted by molar-refractivity contribution is 0.179. The molecule has 0 aromatic heterocycles. The molecule has 2 heterocycles. The SMILES string of the molecule is CN(C)c1cccc(S(=O)(=O)N2CCC(N3CCNCC3)C2)c1.Cl. The monoisotopic (exact) mass is 374 g/mol. The molecule has 0 amide bonds. The molecule has 1 atom stereocenters. The second kappa shape index (κ2) is 8.01. The quantitative estimate of drug-likeness (QED) is 0.846. The van der Waals surface area contributed by atoms with E-state index in [9.17, 15) is 8.42 Å². The normalized spacial score (nSPS) is 23.0. The van der Waals surface area contributed by atoms with Gasteiger partial charge in [0.2, 0.25) is 10.0 Å². The molecule has 1 N–H and O–H groups in total. The minimum Gasteiger partial charge on any atom is -0.378 e. The average molecular weight is 375 g/mol. The summed E-state index contributed by atoms with van der Waals surface area (Å²) >= 11 is 0. The van der Waals surface area contributed by atoms with Gasteiger partial charge in [0.05, 0.1) is 4.90 Å². The molecule has 2 aliphatic rings. The lowest BCUT2D eigenvalue weighted by Crippen LogP contribution is -2.49. The first-order valence-corrected chi connectivity index (χ1v) is 9.65. The Morgan fingerprint density at radius 3 is 2.54 bits per heavy atom. The first-order chi connectivity index (χ1) is 11.0. The van der Waals surface area contributed by atoms with E-state index >= 15 is 0 Å². The van der Waals surface area contributed by atoms with Crippen molar-refractivity contribution in [2.75, 3.05) is 58.3 Å². The van der Waals surface area contributed by atoms with E-state index in [1.165, 1.54) is 0 Å². The van der Waals surface area contributed by atoms with E-state index in [0.29, 0.717) is 24.0 Å². The summed E-state index contributed by atoms with van der Waals surface area (Å²) in [7, 11) is 0.435. The molecule has 3 rings (SSSR count). The smallest absolute Gasteiger partial charge is 0.243 e. The summed E-state index contributed by atoms with van der Waals surface area (Å²) in [5, 5.41) is 3.34. The number of sulfonamides is 1. The maximum atomic E-state index is 12.9. The van der Waals surface area contributed by atoms with Gasteiger partial charge >= 0.3 is 0 Å². The van der Waals surface area contributed by atoms with E-state index in [2.05, 4.69) is 10.2 Å². The van der Waals surface area contributed by atoms with Crippen molar-refractivity contribution in [2.24, 2.45) is 0 Å². The molecule has 136 valence electrons. The van der Waals surface area contributed by atoms with E-state index in [-0.39, 0.29) is 12.4 Å². The topological polar surface area (TPSA) is 55.9 Å². The van der Waals surface area contributed by atoms with Crippen LogP contribution >= 0.6 is 12.4 Å². The molecular formula is C16H27ClN4O2S. The summed E-state index contributed by atoms with van der Waals surface area (Å²) in [5.74, 6) is 0. The number of benzene rings is 1. The minimum absolute atomic E-state index is 0. The van der Waals surface area contributed by atoms with Gasteiger partial charge in [-0.05, 0) is 24.6 Å². The van der Waals surface area contributed by atoms with Crippen LogP contribution in [0.25, 0.3) is 0 Å². The predicted octanol–water partition coefficient (Wildman–Crippen LogP) is 0.843. The van der Waals surface area contributed by atoms with Gasteiger partial charge in [-0.2, -0.15) is 4.31 Å². The van der Waals surface area contributed by atoms with Crippen molar-refractivity contribution >= 4 is 28.1 Å². The number of rotatable bonds is 4. The standard InChI is InChI=1S/C16H26N4O2S.ClH/c1-18(2)14-4-3-5-16(12-14)23(21,22)20-9-6-15(13-20)19-10-7-17-8-11-19;/h3-5,12,15,17H,6-11,13H2,1-2H3;1H. The Morgan fingerprint density at radius 1 is 1.17 bits per heavy atom. The molecule has 6 nitrogen and oxygen atoms in total. The van der Waals surface area contributed by atoms with E-state index < -0.39 is 10.0 Å². The zero-order valence-electron chi connectivity index (χ0n) is 14.3. The number of anilines is 1. The van der Waals surface area contributed by atoms with Crippen molar-refractivity contribution < 1.29 is 8.42 Å². The number of hydrogen-bond donors (Lipinski definition) is 1. The molecule has 1 unspecified atom stereocenters. The summed E-state index contributed by atoms with van der Waals surface area (Å²) in [4.78, 5) is 4.74. The molecule has 1 aromatic carbocycles. The van der Waals surface area contributed by atoms with Crippen molar-refractivity contribution in [3.8, 4) is 0 Å². The number of piperazine rings is 1. The van der Waals surface area contributed by atoms with Gasteiger partial charge in [0, 0.05) is 65.1 Å². The van der Waals surface area contributed by atoms with Crippen LogP contribution in [0.4, 0.5) is 5.69 Å². The Balaban J connectivity index is 0.00000208. The van der Waals surface area contributed by atoms with Gasteiger partial charge < -0.3 is 10.2 Å². The summed E-state index contributed by atoms with van der Waals surface area (Å²) in [6.45, 7) is 5.23. The molecule has 0 saturated carbocycles. The van der Waals surface area contributed by atoms with Crippen LogP contribution in [0.15, 0.2) is 29.2 Å². The average Bonchev–Trinajstić information content (AvgIpc) is 3.06. The van der Waals surface area contributed by atoms with E-state index in [4.69, 9.17) is 0 Å². The van der Waals surface area contributed by atoms with Crippen molar-refractivity contribution in [1.82, 2.24) is 14.5 Å². The van der Waals surface area contributed by atoms with Crippen LogP contribution in [0.1, 0.15) is 6.42 Å². The Hall–Kier alpha value is -0.860. The highest BCUT2D eigenvalue weighted by atomic mass is 35.5. The molecule has 0 radical (unpaired) electrons. The summed E-state index contributed by atoms with van der Waals surface area (Å²) in [6.07, 6.45) is 0.923. The third kappa shape index (κ3) is 4.03. The molecule has 0 bridgehead atoms. The van der Waals surface area contributed by atoms with Gasteiger partial charge in [-0.15, -0.1) is 12.4 Å². The zero-order chi connectivity index (χ0) is 16.4. The maximum absolute atomic E-state index is 12.9. The minimum atomic E-state index is -3.40. The van der Waals surface area contributed by atoms with Gasteiger partial charge in [0.25, 0.3) is 0 Å². The zero-order valence-corrected chi connectivity index (χ0v) is 15.9. The van der Waals surface area contributed by atoms with Crippen molar-refractivity contribution in [3.63, 3.8) is 0 Å². The van der Waals surface area contributed by atoms with Gasteiger partial charge in [-0.3, -0.25) is 4.90 Å². The number of nitrogens with zero attached hydrogens (tertiary/aromatic N) is 3. The Bertz CT molecular complexity index is 647. The fraction of sp³-hybridized carbons (Fsp3) is 0.625. The van der Waals surface area contributed by atoms with Crippen molar-refractivity contribution in [3.05, 3.63) is 24.3 Å². The third-order valence-electron chi connectivity index (χ3n) is 4.77. The molecular weight excluding hydrogens is 348 g/mol. The second-order valence-electron chi connectivity index (χ2n) is 6.48. The molecule has 0 aliphatic carbocycles. The van der Waals surface area contributed by atoms with Crippen LogP contribution in [-0.2, 0) is 10.0 Å². The summed E-state index contributed by atoms with van der Waals surface area (Å²) in [5.41, 5.74) is 0.906. The van der Waals surface area contributed by atoms with Crippen LogP contribution in [0, 0.1) is 0 Å². The van der Waals surface area contributed by atoms with Crippen LogP contribution in [-0.4, -0.2) is 77.0 Å². The number of hydrogen-bond acceptors (Lipinski definition) is 5. The molecule has 1 aromatic rings. The van der Waals surface area contributed by atoms with Crippen LogP contribution in [0.5, 0.6) is 0 Å². The second-order valence-corrected chi connectivity index (χ2v) is 8.42. The van der Waals surface area contributed by atoms with Gasteiger partial charge in [0.15, 0.2) is 0 Å². The third-order valence-corrected chi connectivity index (χ3v) is 6.63. The highest BCUT2D eigenvalue weighted by Crippen LogP contribution is 2.26. The number of nitrogens with one attached hydrogen (secondary N) is 1. The number of halogens is 1. The molecule has 2 aliphatic heterocycles. The first kappa shape index (κ1) is 19.5. The molecule has 2 fully saturated rings. The highest BCUT2D eigenvalue weighted by Gasteiger charge is 2.35. The van der Waals surface area contributed by atoms with E-state index in [1.54, 1.807) is 16.4 Å². The lowest BCUT2D eigenvalue weighted by Gasteiger charge is -2.32. The molecule has 24 heavy (non-hydrogen) atoms. The maximum Gasteiger partial charge on any atom is 0.243 e. The van der Waals surface area contributed by atoms with Gasteiger partial charge in [0.1, 0.15) is 0 Å². The van der Waals surface area contributed by atoms with Gasteiger partial charge in [-0.1, -0.05) is 6.07 Å². The molecule has 8 heteroatoms. The van der Waals surface area contributed by atoms with Crippen LogP contribution < -0.4 is 10.2 Å². The highest BCUT2D eigenvalue weighted by molar-refractivity contribution is 7.89. The largest absolute Gasteiger partial charge is 0.378 e. The summed E-state index contributed by atoms with van der Waals surface area (Å²) in [6, 6.07) is 7.54. The fourth-order valence-corrected chi connectivity index (χ4v) is 4.88. The Morgan fingerprint density at radius 2 is 1.88 bits per heavy atom. The fourth-order valence-electron chi connectivity index (χ4n) is 3.35. The van der Waals surface area contributed by atoms with Crippen LogP contribution in [0.3, 0.4) is 0 Å². The Labute approximate surface area is 151 Å². The predicted molar refractivity (Wildman–Crippen MR) is 99.6 cm³/mol. The van der Waals surface area contributed by atoms with Crippen molar-refractivity contribution in [1.29, 1.82) is 0 Å². The van der Waals surface area contributed by atoms with Crippen LogP contribution in [0.2, 0.25) is 0 Å². The van der Waals surface area contributed by atoms with E-state index in [1.807, 2.05) is 31.1 Å². The first-order valence-electron chi connectivity index (χ1n) is 8.21.